The Hall–Kier alpha value is -2.60. The number of hydrogen-bond acceptors (Lipinski definition) is 4. The van der Waals surface area contributed by atoms with Crippen LogP contribution in [0.15, 0.2) is 64.5 Å². The number of hydrogen-bond donors (Lipinski definition) is 1. The second-order valence-corrected chi connectivity index (χ2v) is 8.55. The molecule has 2 aromatic carbocycles. The Labute approximate surface area is 174 Å². The SMILES string of the molecule is C[C@H]1CCCC[C@H]1NC(=O)CSc1nc2ccccc2c(=O)n1-c1ccccc1. The molecule has 0 aliphatic heterocycles. The third kappa shape index (κ3) is 4.37. The van der Waals surface area contributed by atoms with Crippen LogP contribution in [-0.4, -0.2) is 27.3 Å². The summed E-state index contributed by atoms with van der Waals surface area (Å²) < 4.78 is 1.60. The van der Waals surface area contributed by atoms with Gasteiger partial charge in [-0.15, -0.1) is 0 Å². The zero-order chi connectivity index (χ0) is 20.2. The molecule has 150 valence electrons. The van der Waals surface area contributed by atoms with Crippen molar-refractivity contribution in [3.8, 4) is 5.69 Å². The van der Waals surface area contributed by atoms with Crippen molar-refractivity contribution in [2.24, 2.45) is 5.92 Å². The van der Waals surface area contributed by atoms with Crippen molar-refractivity contribution in [1.29, 1.82) is 0 Å². The molecule has 4 rings (SSSR count). The molecule has 0 unspecified atom stereocenters. The maximum Gasteiger partial charge on any atom is 0.266 e. The van der Waals surface area contributed by atoms with E-state index in [1.807, 2.05) is 48.5 Å². The molecule has 1 heterocycles. The van der Waals surface area contributed by atoms with E-state index in [1.54, 1.807) is 10.6 Å². The zero-order valence-electron chi connectivity index (χ0n) is 16.5. The fourth-order valence-corrected chi connectivity index (χ4v) is 4.75. The summed E-state index contributed by atoms with van der Waals surface area (Å²) in [7, 11) is 0. The standard InChI is InChI=1S/C23H25N3O2S/c1-16-9-5-7-13-19(16)24-21(27)15-29-23-25-20-14-8-6-12-18(20)22(28)26(23)17-10-3-2-4-11-17/h2-4,6,8,10-12,14,16,19H,5,7,9,13,15H2,1H3,(H,24,27)/t16-,19+/m0/s1. The van der Waals surface area contributed by atoms with Gasteiger partial charge in [0.15, 0.2) is 5.16 Å². The largest absolute Gasteiger partial charge is 0.352 e. The van der Waals surface area contributed by atoms with Crippen LogP contribution in [0.3, 0.4) is 0 Å². The van der Waals surface area contributed by atoms with Crippen LogP contribution in [0.25, 0.3) is 16.6 Å². The van der Waals surface area contributed by atoms with Crippen molar-refractivity contribution >= 4 is 28.6 Å². The van der Waals surface area contributed by atoms with Crippen molar-refractivity contribution in [3.05, 3.63) is 65.0 Å². The highest BCUT2D eigenvalue weighted by molar-refractivity contribution is 7.99. The number of benzene rings is 2. The summed E-state index contributed by atoms with van der Waals surface area (Å²) in [4.78, 5) is 30.4. The topological polar surface area (TPSA) is 64.0 Å². The number of thioether (sulfide) groups is 1. The van der Waals surface area contributed by atoms with Crippen LogP contribution in [-0.2, 0) is 4.79 Å². The number of para-hydroxylation sites is 2. The highest BCUT2D eigenvalue weighted by atomic mass is 32.2. The monoisotopic (exact) mass is 407 g/mol. The molecule has 29 heavy (non-hydrogen) atoms. The van der Waals surface area contributed by atoms with Gasteiger partial charge >= 0.3 is 0 Å². The van der Waals surface area contributed by atoms with Crippen molar-refractivity contribution in [1.82, 2.24) is 14.9 Å². The molecule has 1 fully saturated rings. The van der Waals surface area contributed by atoms with Gasteiger partial charge in [0.05, 0.1) is 22.3 Å². The first-order chi connectivity index (χ1) is 14.1. The van der Waals surface area contributed by atoms with E-state index in [1.165, 1.54) is 24.6 Å². The molecule has 1 N–H and O–H groups in total. The molecule has 1 aliphatic rings. The van der Waals surface area contributed by atoms with E-state index in [2.05, 4.69) is 12.2 Å². The Morgan fingerprint density at radius 2 is 1.83 bits per heavy atom. The molecule has 0 bridgehead atoms. The lowest BCUT2D eigenvalue weighted by atomic mass is 9.86. The van der Waals surface area contributed by atoms with Gasteiger partial charge in [-0.25, -0.2) is 4.98 Å². The summed E-state index contributed by atoms with van der Waals surface area (Å²) in [6, 6.07) is 17.0. The molecule has 0 radical (unpaired) electrons. The predicted molar refractivity (Wildman–Crippen MR) is 118 cm³/mol. The third-order valence-electron chi connectivity index (χ3n) is 5.55. The fourth-order valence-electron chi connectivity index (χ4n) is 3.92. The maximum absolute atomic E-state index is 13.2. The number of nitrogens with zero attached hydrogens (tertiary/aromatic N) is 2. The molecule has 1 saturated carbocycles. The molecular formula is C23H25N3O2S. The van der Waals surface area contributed by atoms with Gasteiger partial charge in [0.25, 0.3) is 5.56 Å². The molecule has 2 atom stereocenters. The number of aromatic nitrogens is 2. The smallest absolute Gasteiger partial charge is 0.266 e. The Bertz CT molecular complexity index is 1060. The number of rotatable bonds is 5. The number of amides is 1. The van der Waals surface area contributed by atoms with Crippen LogP contribution in [0.4, 0.5) is 0 Å². The Balaban J connectivity index is 1.61. The van der Waals surface area contributed by atoms with E-state index in [-0.39, 0.29) is 23.3 Å². The van der Waals surface area contributed by atoms with Crippen LogP contribution in [0.1, 0.15) is 32.6 Å². The fraction of sp³-hybridized carbons (Fsp3) is 0.348. The molecule has 0 spiro atoms. The van der Waals surface area contributed by atoms with Crippen molar-refractivity contribution in [2.45, 2.75) is 43.8 Å². The molecule has 6 heteroatoms. The Kier molecular flexibility index (Phi) is 6.00. The quantitative estimate of drug-likeness (QED) is 0.509. The molecular weight excluding hydrogens is 382 g/mol. The van der Waals surface area contributed by atoms with E-state index in [4.69, 9.17) is 4.98 Å². The van der Waals surface area contributed by atoms with Gasteiger partial charge in [0, 0.05) is 6.04 Å². The molecule has 3 aromatic rings. The van der Waals surface area contributed by atoms with Gasteiger partial charge < -0.3 is 5.32 Å². The van der Waals surface area contributed by atoms with Gasteiger partial charge in [-0.1, -0.05) is 61.9 Å². The second kappa shape index (κ2) is 8.82. The summed E-state index contributed by atoms with van der Waals surface area (Å²) in [5.74, 6) is 0.746. The summed E-state index contributed by atoms with van der Waals surface area (Å²) in [6.45, 7) is 2.20. The summed E-state index contributed by atoms with van der Waals surface area (Å²) >= 11 is 1.31. The van der Waals surface area contributed by atoms with E-state index in [0.717, 1.165) is 18.5 Å². The molecule has 1 aliphatic carbocycles. The van der Waals surface area contributed by atoms with Crippen LogP contribution >= 0.6 is 11.8 Å². The van der Waals surface area contributed by atoms with E-state index in [0.29, 0.717) is 22.0 Å². The van der Waals surface area contributed by atoms with Crippen molar-refractivity contribution < 1.29 is 4.79 Å². The highest BCUT2D eigenvalue weighted by Crippen LogP contribution is 2.25. The minimum Gasteiger partial charge on any atom is -0.352 e. The van der Waals surface area contributed by atoms with Crippen LogP contribution in [0.5, 0.6) is 0 Å². The minimum atomic E-state index is -0.120. The summed E-state index contributed by atoms with van der Waals surface area (Å²) in [5.41, 5.74) is 1.28. The average Bonchev–Trinajstić information content (AvgIpc) is 2.75. The molecule has 1 amide bonds. The Morgan fingerprint density at radius 1 is 1.10 bits per heavy atom. The van der Waals surface area contributed by atoms with Gasteiger partial charge in [0.2, 0.25) is 5.91 Å². The normalized spacial score (nSPS) is 19.2. The third-order valence-corrected chi connectivity index (χ3v) is 6.49. The van der Waals surface area contributed by atoms with Crippen LogP contribution < -0.4 is 10.9 Å². The van der Waals surface area contributed by atoms with Gasteiger partial charge in [0.1, 0.15) is 0 Å². The first-order valence-electron chi connectivity index (χ1n) is 10.1. The predicted octanol–water partition coefficient (Wildman–Crippen LogP) is 4.17. The van der Waals surface area contributed by atoms with Crippen LogP contribution in [0.2, 0.25) is 0 Å². The number of carbonyl (C=O) groups excluding carboxylic acids is 1. The lowest BCUT2D eigenvalue weighted by molar-refractivity contribution is -0.119. The van der Waals surface area contributed by atoms with Crippen molar-refractivity contribution in [3.63, 3.8) is 0 Å². The van der Waals surface area contributed by atoms with Gasteiger partial charge in [-0.3, -0.25) is 14.2 Å². The first-order valence-corrected chi connectivity index (χ1v) is 11.1. The van der Waals surface area contributed by atoms with E-state index in [9.17, 15) is 9.59 Å². The number of fused-ring (bicyclic) bond motifs is 1. The minimum absolute atomic E-state index is 0.00392. The molecule has 5 nitrogen and oxygen atoms in total. The number of carbonyl (C=O) groups is 1. The molecule has 1 aromatic heterocycles. The zero-order valence-corrected chi connectivity index (χ0v) is 17.3. The average molecular weight is 408 g/mol. The van der Waals surface area contributed by atoms with Crippen molar-refractivity contribution in [2.75, 3.05) is 5.75 Å². The van der Waals surface area contributed by atoms with Gasteiger partial charge in [-0.2, -0.15) is 0 Å². The lowest BCUT2D eigenvalue weighted by Crippen LogP contribution is -2.41. The van der Waals surface area contributed by atoms with Gasteiger partial charge in [-0.05, 0) is 43.0 Å². The highest BCUT2D eigenvalue weighted by Gasteiger charge is 2.23. The van der Waals surface area contributed by atoms with Crippen LogP contribution in [0, 0.1) is 5.92 Å². The maximum atomic E-state index is 13.2. The lowest BCUT2D eigenvalue weighted by Gasteiger charge is -2.29. The Morgan fingerprint density at radius 3 is 2.62 bits per heavy atom. The summed E-state index contributed by atoms with van der Waals surface area (Å²) in [5, 5.41) is 4.28. The van der Waals surface area contributed by atoms with E-state index < -0.39 is 0 Å². The number of nitrogens with one attached hydrogen (secondary N) is 1. The first kappa shape index (κ1) is 19.7. The summed E-state index contributed by atoms with van der Waals surface area (Å²) in [6.07, 6.45) is 4.62. The molecule has 0 saturated heterocycles. The van der Waals surface area contributed by atoms with E-state index >= 15 is 0 Å². The second-order valence-electron chi connectivity index (χ2n) is 7.61.